The fourth-order valence-electron chi connectivity index (χ4n) is 1.94. The number of benzene rings is 1. The highest BCUT2D eigenvalue weighted by Crippen LogP contribution is 2.31. The lowest BCUT2D eigenvalue weighted by Crippen LogP contribution is -2.26. The zero-order valence-corrected chi connectivity index (χ0v) is 13.6. The second kappa shape index (κ2) is 7.52. The van der Waals surface area contributed by atoms with Crippen LogP contribution in [-0.2, 0) is 0 Å². The van der Waals surface area contributed by atoms with Crippen molar-refractivity contribution in [2.75, 3.05) is 18.1 Å². The molecule has 0 atom stereocenters. The number of carbonyl (C=O) groups excluding carboxylic acids is 1. The fourth-order valence-corrected chi connectivity index (χ4v) is 2.69. The van der Waals surface area contributed by atoms with Crippen LogP contribution >= 0.6 is 23.4 Å². The van der Waals surface area contributed by atoms with Crippen LogP contribution in [0.5, 0.6) is 0 Å². The van der Waals surface area contributed by atoms with Gasteiger partial charge in [-0.3, -0.25) is 4.79 Å². The molecule has 0 saturated carbocycles. The highest BCUT2D eigenvalue weighted by Gasteiger charge is 2.22. The number of hydrogen-bond donors (Lipinski definition) is 1. The Hall–Kier alpha value is -1.46. The predicted molar refractivity (Wildman–Crippen MR) is 87.0 cm³/mol. The molecule has 1 aromatic heterocycles. The van der Waals surface area contributed by atoms with Gasteiger partial charge < -0.3 is 9.84 Å². The van der Waals surface area contributed by atoms with Crippen LogP contribution in [0.1, 0.15) is 23.0 Å². The van der Waals surface area contributed by atoms with Crippen molar-refractivity contribution in [2.45, 2.75) is 13.8 Å². The molecule has 0 aliphatic heterocycles. The van der Waals surface area contributed by atoms with Gasteiger partial charge in [0.25, 0.3) is 5.91 Å². The van der Waals surface area contributed by atoms with E-state index in [-0.39, 0.29) is 5.91 Å². The molecule has 0 bridgehead atoms. The molecular formula is C15H17ClN2O2S. The zero-order valence-electron chi connectivity index (χ0n) is 12.0. The van der Waals surface area contributed by atoms with E-state index in [1.165, 1.54) is 0 Å². The van der Waals surface area contributed by atoms with E-state index in [0.29, 0.717) is 34.1 Å². The number of aromatic nitrogens is 1. The van der Waals surface area contributed by atoms with E-state index in [0.717, 1.165) is 11.5 Å². The van der Waals surface area contributed by atoms with Crippen molar-refractivity contribution >= 4 is 29.3 Å². The van der Waals surface area contributed by atoms with Crippen molar-refractivity contribution in [1.82, 2.24) is 10.5 Å². The summed E-state index contributed by atoms with van der Waals surface area (Å²) >= 11 is 7.95. The van der Waals surface area contributed by atoms with Crippen molar-refractivity contribution in [3.63, 3.8) is 0 Å². The van der Waals surface area contributed by atoms with Crippen molar-refractivity contribution < 1.29 is 9.32 Å². The van der Waals surface area contributed by atoms with Gasteiger partial charge in [-0.25, -0.2) is 0 Å². The van der Waals surface area contributed by atoms with Gasteiger partial charge in [0, 0.05) is 17.9 Å². The Bertz CT molecular complexity index is 628. The van der Waals surface area contributed by atoms with Crippen molar-refractivity contribution in [2.24, 2.45) is 0 Å². The second-order valence-corrected chi connectivity index (χ2v) is 6.21. The van der Waals surface area contributed by atoms with E-state index in [9.17, 15) is 4.79 Å². The summed E-state index contributed by atoms with van der Waals surface area (Å²) < 4.78 is 5.31. The molecule has 0 saturated heterocycles. The molecule has 0 radical (unpaired) electrons. The minimum atomic E-state index is -0.180. The highest BCUT2D eigenvalue weighted by molar-refractivity contribution is 7.99. The summed E-state index contributed by atoms with van der Waals surface area (Å²) in [7, 11) is 0. The van der Waals surface area contributed by atoms with Crippen molar-refractivity contribution in [1.29, 1.82) is 0 Å². The van der Waals surface area contributed by atoms with Crippen molar-refractivity contribution in [3.05, 3.63) is 40.5 Å². The van der Waals surface area contributed by atoms with E-state index < -0.39 is 0 Å². The SMILES string of the molecule is CCSCCNC(=O)c1c(C)noc1-c1ccccc1Cl. The monoisotopic (exact) mass is 324 g/mol. The minimum Gasteiger partial charge on any atom is -0.355 e. The van der Waals surface area contributed by atoms with E-state index in [1.807, 2.05) is 18.2 Å². The first-order valence-electron chi connectivity index (χ1n) is 6.72. The summed E-state index contributed by atoms with van der Waals surface area (Å²) in [6, 6.07) is 7.25. The molecule has 0 spiro atoms. The van der Waals surface area contributed by atoms with E-state index in [2.05, 4.69) is 17.4 Å². The van der Waals surface area contributed by atoms with E-state index in [4.69, 9.17) is 16.1 Å². The molecule has 0 unspecified atom stereocenters. The van der Waals surface area contributed by atoms with Crippen LogP contribution in [0.3, 0.4) is 0 Å². The molecule has 0 fully saturated rings. The Labute approximate surface area is 133 Å². The Kier molecular flexibility index (Phi) is 5.70. The van der Waals surface area contributed by atoms with Crippen LogP contribution in [0, 0.1) is 6.92 Å². The van der Waals surface area contributed by atoms with Crippen LogP contribution in [0.15, 0.2) is 28.8 Å². The van der Waals surface area contributed by atoms with Gasteiger partial charge in [-0.2, -0.15) is 11.8 Å². The lowest BCUT2D eigenvalue weighted by atomic mass is 10.1. The second-order valence-electron chi connectivity index (χ2n) is 4.40. The maximum absolute atomic E-state index is 12.3. The summed E-state index contributed by atoms with van der Waals surface area (Å²) in [5.41, 5.74) is 1.68. The lowest BCUT2D eigenvalue weighted by Gasteiger charge is -2.06. The average Bonchev–Trinajstić information content (AvgIpc) is 2.85. The number of halogens is 1. The zero-order chi connectivity index (χ0) is 15.2. The van der Waals surface area contributed by atoms with Gasteiger partial charge in [-0.05, 0) is 24.8 Å². The predicted octanol–water partition coefficient (Wildman–Crippen LogP) is 3.79. The van der Waals surface area contributed by atoms with Crippen LogP contribution in [0.4, 0.5) is 0 Å². The lowest BCUT2D eigenvalue weighted by molar-refractivity contribution is 0.0956. The van der Waals surface area contributed by atoms with Gasteiger partial charge in [-0.1, -0.05) is 35.8 Å². The van der Waals surface area contributed by atoms with E-state index in [1.54, 1.807) is 24.8 Å². The number of amides is 1. The molecule has 0 aliphatic carbocycles. The number of nitrogens with one attached hydrogen (secondary N) is 1. The quantitative estimate of drug-likeness (QED) is 0.821. The standard InChI is InChI=1S/C15H17ClN2O2S/c1-3-21-9-8-17-15(19)13-10(2)18-20-14(13)11-6-4-5-7-12(11)16/h4-7H,3,8-9H2,1-2H3,(H,17,19). The Balaban J connectivity index is 2.22. The average molecular weight is 325 g/mol. The first kappa shape index (κ1) is 15.9. The van der Waals surface area contributed by atoms with Gasteiger partial charge in [-0.15, -0.1) is 0 Å². The first-order chi connectivity index (χ1) is 10.1. The number of carbonyl (C=O) groups is 1. The third kappa shape index (κ3) is 3.80. The third-order valence-corrected chi connectivity index (χ3v) is 4.17. The van der Waals surface area contributed by atoms with Crippen molar-refractivity contribution in [3.8, 4) is 11.3 Å². The number of nitrogens with zero attached hydrogens (tertiary/aromatic N) is 1. The maximum atomic E-state index is 12.3. The van der Waals surface area contributed by atoms with Crippen LogP contribution < -0.4 is 5.32 Å². The topological polar surface area (TPSA) is 55.1 Å². The molecule has 0 aliphatic rings. The molecule has 2 aromatic rings. The minimum absolute atomic E-state index is 0.180. The normalized spacial score (nSPS) is 10.6. The van der Waals surface area contributed by atoms with Gasteiger partial charge in [0.15, 0.2) is 5.76 Å². The molecule has 1 aromatic carbocycles. The van der Waals surface area contributed by atoms with Crippen LogP contribution in [-0.4, -0.2) is 29.1 Å². The Morgan fingerprint density at radius 3 is 2.90 bits per heavy atom. The highest BCUT2D eigenvalue weighted by atomic mass is 35.5. The van der Waals surface area contributed by atoms with Gasteiger partial charge in [0.2, 0.25) is 0 Å². The van der Waals surface area contributed by atoms with Gasteiger partial charge in [0.05, 0.1) is 10.7 Å². The van der Waals surface area contributed by atoms with Crippen LogP contribution in [0.2, 0.25) is 5.02 Å². The number of aryl methyl sites for hydroxylation is 1. The number of rotatable bonds is 6. The molecule has 4 nitrogen and oxygen atoms in total. The molecule has 1 N–H and O–H groups in total. The summed E-state index contributed by atoms with van der Waals surface area (Å²) in [5, 5.41) is 7.32. The molecule has 1 heterocycles. The summed E-state index contributed by atoms with van der Waals surface area (Å²) in [6.07, 6.45) is 0. The third-order valence-electron chi connectivity index (χ3n) is 2.94. The fraction of sp³-hybridized carbons (Fsp3) is 0.333. The first-order valence-corrected chi connectivity index (χ1v) is 8.25. The van der Waals surface area contributed by atoms with E-state index >= 15 is 0 Å². The van der Waals surface area contributed by atoms with Gasteiger partial charge >= 0.3 is 0 Å². The number of hydrogen-bond acceptors (Lipinski definition) is 4. The largest absolute Gasteiger partial charge is 0.355 e. The maximum Gasteiger partial charge on any atom is 0.257 e. The molecule has 2 rings (SSSR count). The van der Waals surface area contributed by atoms with Gasteiger partial charge in [0.1, 0.15) is 5.56 Å². The molecule has 1 amide bonds. The molecular weight excluding hydrogens is 308 g/mol. The summed E-state index contributed by atoms with van der Waals surface area (Å²) in [5.74, 6) is 2.15. The molecule has 112 valence electrons. The molecule has 6 heteroatoms. The summed E-state index contributed by atoms with van der Waals surface area (Å²) in [4.78, 5) is 12.3. The Morgan fingerprint density at radius 2 is 2.19 bits per heavy atom. The molecule has 21 heavy (non-hydrogen) atoms. The van der Waals surface area contributed by atoms with Crippen LogP contribution in [0.25, 0.3) is 11.3 Å². The summed E-state index contributed by atoms with van der Waals surface area (Å²) in [6.45, 7) is 4.45. The Morgan fingerprint density at radius 1 is 1.43 bits per heavy atom. The smallest absolute Gasteiger partial charge is 0.257 e. The number of thioether (sulfide) groups is 1.